The Labute approximate surface area is 120 Å². The molecule has 0 amide bonds. The first-order valence-electron chi connectivity index (χ1n) is 7.13. The van der Waals surface area contributed by atoms with Crippen molar-refractivity contribution in [2.24, 2.45) is 0 Å². The molecule has 112 valence electrons. The summed E-state index contributed by atoms with van der Waals surface area (Å²) in [5.74, 6) is 1.21. The van der Waals surface area contributed by atoms with Gasteiger partial charge < -0.3 is 9.84 Å². The average molecular weight is 298 g/mol. The number of fused-ring (bicyclic) bond motifs is 1. The molecule has 0 radical (unpaired) electrons. The maximum Gasteiger partial charge on any atom is 0.150 e. The lowest BCUT2D eigenvalue weighted by Crippen LogP contribution is -2.25. The largest absolute Gasteiger partial charge is 0.493 e. The summed E-state index contributed by atoms with van der Waals surface area (Å²) in [6, 6.07) is 7.75. The molecule has 1 aromatic carbocycles. The monoisotopic (exact) mass is 298 g/mol. The van der Waals surface area contributed by atoms with Gasteiger partial charge in [-0.05, 0) is 30.9 Å². The number of hydrogen-bond donors (Lipinski definition) is 1. The zero-order chi connectivity index (χ0) is 14.6. The summed E-state index contributed by atoms with van der Waals surface area (Å²) >= 11 is 0. The highest BCUT2D eigenvalue weighted by molar-refractivity contribution is 7.91. The third kappa shape index (κ3) is 3.73. The minimum absolute atomic E-state index is 0.0456. The van der Waals surface area contributed by atoms with Gasteiger partial charge in [-0.15, -0.1) is 0 Å². The van der Waals surface area contributed by atoms with Gasteiger partial charge in [-0.25, -0.2) is 8.42 Å². The molecule has 20 heavy (non-hydrogen) atoms. The zero-order valence-corrected chi connectivity index (χ0v) is 12.6. The van der Waals surface area contributed by atoms with Crippen LogP contribution in [0.2, 0.25) is 0 Å². The fourth-order valence-electron chi connectivity index (χ4n) is 2.63. The average Bonchev–Trinajstić information content (AvgIpc) is 2.46. The fraction of sp³-hybridized carbons (Fsp3) is 0.600. The number of ether oxygens (including phenoxy) is 1. The molecule has 1 aliphatic rings. The van der Waals surface area contributed by atoms with Crippen molar-refractivity contribution in [3.05, 3.63) is 29.8 Å². The fourth-order valence-corrected chi connectivity index (χ4v) is 3.52. The van der Waals surface area contributed by atoms with Crippen LogP contribution in [0.5, 0.6) is 5.75 Å². The minimum atomic E-state index is -2.94. The highest BCUT2D eigenvalue weighted by Gasteiger charge is 2.27. The van der Waals surface area contributed by atoms with Crippen LogP contribution >= 0.6 is 0 Å². The Balaban J connectivity index is 1.95. The molecule has 4 nitrogen and oxygen atoms in total. The smallest absolute Gasteiger partial charge is 0.150 e. The van der Waals surface area contributed by atoms with Crippen LogP contribution in [0.15, 0.2) is 24.3 Å². The number of rotatable bonds is 6. The van der Waals surface area contributed by atoms with Crippen molar-refractivity contribution in [1.82, 2.24) is 0 Å². The van der Waals surface area contributed by atoms with Gasteiger partial charge in [0, 0.05) is 11.7 Å². The highest BCUT2D eigenvalue weighted by Crippen LogP contribution is 2.36. The third-order valence-electron chi connectivity index (χ3n) is 3.86. The summed E-state index contributed by atoms with van der Waals surface area (Å²) in [6.07, 6.45) is 1.29. The van der Waals surface area contributed by atoms with E-state index in [2.05, 4.69) is 0 Å². The molecular formula is C15H22O4S. The van der Waals surface area contributed by atoms with Gasteiger partial charge in [-0.3, -0.25) is 0 Å². The van der Waals surface area contributed by atoms with Gasteiger partial charge in [0.1, 0.15) is 15.6 Å². The molecular weight excluding hydrogens is 276 g/mol. The maximum absolute atomic E-state index is 11.5. The summed E-state index contributed by atoms with van der Waals surface area (Å²) in [5.41, 5.74) is 1.03. The van der Waals surface area contributed by atoms with E-state index in [0.29, 0.717) is 19.4 Å². The van der Waals surface area contributed by atoms with E-state index in [1.165, 1.54) is 0 Å². The highest BCUT2D eigenvalue weighted by atomic mass is 32.2. The van der Waals surface area contributed by atoms with Crippen LogP contribution in [0, 0.1) is 0 Å². The van der Waals surface area contributed by atoms with E-state index < -0.39 is 15.9 Å². The van der Waals surface area contributed by atoms with Crippen LogP contribution in [-0.4, -0.2) is 37.7 Å². The Morgan fingerprint density at radius 2 is 2.15 bits per heavy atom. The standard InChI is InChI=1S/C15H22O4S/c1-2-20(17,18)11-5-7-14(16)12-9-10-19-15-8-4-3-6-13(12)15/h3-4,6,8,12,14,16H,2,5,7,9-11H2,1H3. The first-order valence-corrected chi connectivity index (χ1v) is 8.96. The molecule has 2 rings (SSSR count). The van der Waals surface area contributed by atoms with Crippen molar-refractivity contribution in [3.8, 4) is 5.75 Å². The number of para-hydroxylation sites is 1. The molecule has 0 saturated carbocycles. The molecule has 1 heterocycles. The quantitative estimate of drug-likeness (QED) is 0.874. The lowest BCUT2D eigenvalue weighted by atomic mass is 9.86. The molecule has 0 fully saturated rings. The molecule has 0 saturated heterocycles. The number of hydrogen-bond acceptors (Lipinski definition) is 4. The molecule has 0 bridgehead atoms. The van der Waals surface area contributed by atoms with Crippen LogP contribution in [0.25, 0.3) is 0 Å². The van der Waals surface area contributed by atoms with Crippen molar-refractivity contribution in [2.75, 3.05) is 18.1 Å². The second-order valence-electron chi connectivity index (χ2n) is 5.23. The van der Waals surface area contributed by atoms with E-state index >= 15 is 0 Å². The van der Waals surface area contributed by atoms with Crippen molar-refractivity contribution in [3.63, 3.8) is 0 Å². The van der Waals surface area contributed by atoms with E-state index in [-0.39, 0.29) is 17.4 Å². The summed E-state index contributed by atoms with van der Waals surface area (Å²) in [6.45, 7) is 2.26. The summed E-state index contributed by atoms with van der Waals surface area (Å²) in [5, 5.41) is 10.3. The van der Waals surface area contributed by atoms with Gasteiger partial charge >= 0.3 is 0 Å². The number of aliphatic hydroxyl groups is 1. The van der Waals surface area contributed by atoms with Crippen LogP contribution in [0.1, 0.15) is 37.7 Å². The molecule has 1 N–H and O–H groups in total. The van der Waals surface area contributed by atoms with Gasteiger partial charge in [-0.1, -0.05) is 25.1 Å². The zero-order valence-electron chi connectivity index (χ0n) is 11.8. The van der Waals surface area contributed by atoms with Crippen LogP contribution in [0.3, 0.4) is 0 Å². The topological polar surface area (TPSA) is 63.6 Å². The molecule has 2 atom stereocenters. The summed E-state index contributed by atoms with van der Waals surface area (Å²) in [4.78, 5) is 0. The minimum Gasteiger partial charge on any atom is -0.493 e. The van der Waals surface area contributed by atoms with Crippen molar-refractivity contribution < 1.29 is 18.3 Å². The normalized spacial score (nSPS) is 20.0. The summed E-state index contributed by atoms with van der Waals surface area (Å²) in [7, 11) is -2.94. The van der Waals surface area contributed by atoms with Crippen molar-refractivity contribution in [1.29, 1.82) is 0 Å². The van der Waals surface area contributed by atoms with E-state index in [1.54, 1.807) is 6.92 Å². The van der Waals surface area contributed by atoms with Crippen molar-refractivity contribution in [2.45, 2.75) is 38.2 Å². The molecule has 0 aliphatic carbocycles. The lowest BCUT2D eigenvalue weighted by molar-refractivity contribution is 0.108. The molecule has 2 unspecified atom stereocenters. The van der Waals surface area contributed by atoms with Crippen LogP contribution in [-0.2, 0) is 9.84 Å². The lowest BCUT2D eigenvalue weighted by Gasteiger charge is -2.29. The van der Waals surface area contributed by atoms with Crippen LogP contribution in [0.4, 0.5) is 0 Å². The molecule has 1 aromatic rings. The Bertz CT molecular complexity index is 539. The van der Waals surface area contributed by atoms with Gasteiger partial charge in [0.25, 0.3) is 0 Å². The predicted octanol–water partition coefficient (Wildman–Crippen LogP) is 2.13. The van der Waals surface area contributed by atoms with Gasteiger partial charge in [0.05, 0.1) is 18.5 Å². The molecule has 1 aliphatic heterocycles. The second kappa shape index (κ2) is 6.59. The Kier molecular flexibility index (Phi) is 5.05. The summed E-state index contributed by atoms with van der Waals surface area (Å²) < 4.78 is 28.5. The first kappa shape index (κ1) is 15.3. The van der Waals surface area contributed by atoms with Gasteiger partial charge in [0.15, 0.2) is 0 Å². The van der Waals surface area contributed by atoms with E-state index in [0.717, 1.165) is 17.7 Å². The van der Waals surface area contributed by atoms with E-state index in [4.69, 9.17) is 4.74 Å². The Morgan fingerprint density at radius 3 is 2.90 bits per heavy atom. The Hall–Kier alpha value is -1.07. The van der Waals surface area contributed by atoms with Gasteiger partial charge in [-0.2, -0.15) is 0 Å². The molecule has 5 heteroatoms. The number of benzene rings is 1. The van der Waals surface area contributed by atoms with Gasteiger partial charge in [0.2, 0.25) is 0 Å². The first-order chi connectivity index (χ1) is 9.53. The van der Waals surface area contributed by atoms with E-state index in [1.807, 2.05) is 24.3 Å². The predicted molar refractivity (Wildman–Crippen MR) is 78.9 cm³/mol. The second-order valence-corrected chi connectivity index (χ2v) is 7.70. The molecule has 0 aromatic heterocycles. The van der Waals surface area contributed by atoms with E-state index in [9.17, 15) is 13.5 Å². The van der Waals surface area contributed by atoms with Crippen LogP contribution < -0.4 is 4.74 Å². The molecule has 0 spiro atoms. The number of aliphatic hydroxyl groups excluding tert-OH is 1. The number of sulfone groups is 1. The maximum atomic E-state index is 11.5. The third-order valence-corrected chi connectivity index (χ3v) is 5.65. The SMILES string of the molecule is CCS(=O)(=O)CCCC(O)C1CCOc2ccccc21. The Morgan fingerprint density at radius 1 is 1.40 bits per heavy atom. The van der Waals surface area contributed by atoms with Crippen molar-refractivity contribution >= 4 is 9.84 Å².